The summed E-state index contributed by atoms with van der Waals surface area (Å²) < 4.78 is 16.0. The van der Waals surface area contributed by atoms with Crippen LogP contribution in [0.25, 0.3) is 27.8 Å². The molecule has 0 unspecified atom stereocenters. The van der Waals surface area contributed by atoms with Gasteiger partial charge in [-0.15, -0.1) is 0 Å². The van der Waals surface area contributed by atoms with Gasteiger partial charge in [0.2, 0.25) is 5.95 Å². The Hall–Kier alpha value is -3.00. The van der Waals surface area contributed by atoms with Crippen LogP contribution < -0.4 is 5.32 Å². The van der Waals surface area contributed by atoms with Gasteiger partial charge in [-0.25, -0.2) is 14.4 Å². The molecule has 0 saturated heterocycles. The molecule has 1 atom stereocenters. The van der Waals surface area contributed by atoms with E-state index in [1.54, 1.807) is 23.0 Å². The number of rotatable bonds is 5. The van der Waals surface area contributed by atoms with E-state index in [0.717, 1.165) is 17.4 Å². The Morgan fingerprint density at radius 3 is 2.96 bits per heavy atom. The smallest absolute Gasteiger partial charge is 0.224 e. The zero-order chi connectivity index (χ0) is 18.3. The molecule has 0 bridgehead atoms. The summed E-state index contributed by atoms with van der Waals surface area (Å²) in [4.78, 5) is 16.0. The van der Waals surface area contributed by atoms with Gasteiger partial charge in [0, 0.05) is 41.1 Å². The molecule has 26 heavy (non-hydrogen) atoms. The van der Waals surface area contributed by atoms with Gasteiger partial charge in [-0.1, -0.05) is 6.92 Å². The molecule has 3 N–H and O–H groups in total. The summed E-state index contributed by atoms with van der Waals surface area (Å²) in [7, 11) is 0. The highest BCUT2D eigenvalue weighted by molar-refractivity contribution is 5.93. The van der Waals surface area contributed by atoms with Gasteiger partial charge >= 0.3 is 0 Å². The van der Waals surface area contributed by atoms with Gasteiger partial charge in [-0.2, -0.15) is 4.98 Å². The highest BCUT2D eigenvalue weighted by atomic mass is 19.1. The Kier molecular flexibility index (Phi) is 4.04. The van der Waals surface area contributed by atoms with Gasteiger partial charge in [0.15, 0.2) is 11.5 Å². The number of nitrogens with one attached hydrogen (secondary N) is 2. The summed E-state index contributed by atoms with van der Waals surface area (Å²) in [5, 5.41) is 13.4. The van der Waals surface area contributed by atoms with Crippen LogP contribution in [0, 0.1) is 5.82 Å². The second-order valence-corrected chi connectivity index (χ2v) is 6.29. The summed E-state index contributed by atoms with van der Waals surface area (Å²) in [6, 6.07) is 1.70. The number of fused-ring (bicyclic) bond motifs is 2. The van der Waals surface area contributed by atoms with E-state index in [4.69, 9.17) is 0 Å². The Morgan fingerprint density at radius 1 is 1.35 bits per heavy atom. The lowest BCUT2D eigenvalue weighted by Crippen LogP contribution is -2.15. The van der Waals surface area contributed by atoms with Crippen LogP contribution in [-0.4, -0.2) is 35.5 Å². The number of hydrogen-bond donors (Lipinski definition) is 3. The number of pyridine rings is 1. The molecule has 0 aromatic carbocycles. The summed E-state index contributed by atoms with van der Waals surface area (Å²) in [6.07, 6.45) is 7.69. The molecule has 4 aromatic rings. The van der Waals surface area contributed by atoms with Crippen molar-refractivity contribution in [1.82, 2.24) is 24.3 Å². The van der Waals surface area contributed by atoms with Crippen LogP contribution in [0.2, 0.25) is 0 Å². The molecule has 0 radical (unpaired) electrons. The summed E-state index contributed by atoms with van der Waals surface area (Å²) in [5.74, 6) is 0.103. The molecule has 0 fully saturated rings. The van der Waals surface area contributed by atoms with Crippen LogP contribution in [-0.2, 0) is 6.61 Å². The fourth-order valence-electron chi connectivity index (χ4n) is 2.90. The number of aromatic nitrogens is 5. The van der Waals surface area contributed by atoms with E-state index in [0.29, 0.717) is 22.9 Å². The van der Waals surface area contributed by atoms with Crippen molar-refractivity contribution in [3.05, 3.63) is 42.4 Å². The fraction of sp³-hybridized carbons (Fsp3) is 0.278. The normalized spacial score (nSPS) is 12.8. The molecule has 4 heterocycles. The molecule has 8 heteroatoms. The number of H-pyrrole nitrogens is 1. The van der Waals surface area contributed by atoms with Crippen molar-refractivity contribution in [2.45, 2.75) is 32.9 Å². The summed E-state index contributed by atoms with van der Waals surface area (Å²) in [5.41, 5.74) is 2.83. The minimum atomic E-state index is -0.451. The average Bonchev–Trinajstić information content (AvgIpc) is 3.25. The Balaban J connectivity index is 1.80. The maximum atomic E-state index is 14.4. The maximum absolute atomic E-state index is 14.4. The predicted octanol–water partition coefficient (Wildman–Crippen LogP) is 3.11. The van der Waals surface area contributed by atoms with Crippen molar-refractivity contribution in [2.24, 2.45) is 0 Å². The van der Waals surface area contributed by atoms with E-state index >= 15 is 0 Å². The lowest BCUT2D eigenvalue weighted by Gasteiger charge is -2.10. The number of hydrogen-bond acceptors (Lipinski definition) is 5. The third kappa shape index (κ3) is 2.68. The van der Waals surface area contributed by atoms with E-state index in [2.05, 4.69) is 39.1 Å². The first-order chi connectivity index (χ1) is 12.6. The molecule has 134 valence electrons. The number of anilines is 1. The number of imidazole rings is 1. The molecular weight excluding hydrogens is 335 g/mol. The predicted molar refractivity (Wildman–Crippen MR) is 97.3 cm³/mol. The number of aliphatic hydroxyl groups excluding tert-OH is 1. The van der Waals surface area contributed by atoms with Crippen molar-refractivity contribution < 1.29 is 9.50 Å². The second kappa shape index (κ2) is 6.38. The molecule has 4 rings (SSSR count). The van der Waals surface area contributed by atoms with Gasteiger partial charge in [0.25, 0.3) is 0 Å². The summed E-state index contributed by atoms with van der Waals surface area (Å²) >= 11 is 0. The van der Waals surface area contributed by atoms with Crippen molar-refractivity contribution in [2.75, 3.05) is 5.32 Å². The third-order valence-electron chi connectivity index (χ3n) is 4.53. The van der Waals surface area contributed by atoms with E-state index in [-0.39, 0.29) is 18.3 Å². The molecular formula is C18H19FN6O. The van der Waals surface area contributed by atoms with E-state index in [1.165, 1.54) is 12.3 Å². The first-order valence-electron chi connectivity index (χ1n) is 8.48. The van der Waals surface area contributed by atoms with Gasteiger partial charge in [-0.3, -0.25) is 4.40 Å². The van der Waals surface area contributed by atoms with Gasteiger partial charge in [0.05, 0.1) is 18.5 Å². The highest BCUT2D eigenvalue weighted by Gasteiger charge is 2.14. The van der Waals surface area contributed by atoms with Gasteiger partial charge < -0.3 is 15.4 Å². The van der Waals surface area contributed by atoms with Gasteiger partial charge in [0.1, 0.15) is 5.65 Å². The molecule has 0 amide bonds. The number of halogens is 1. The first-order valence-corrected chi connectivity index (χ1v) is 8.48. The van der Waals surface area contributed by atoms with Crippen LogP contribution in [0.4, 0.5) is 10.3 Å². The molecule has 0 aliphatic rings. The number of aliphatic hydroxyl groups is 1. The van der Waals surface area contributed by atoms with E-state index in [1.807, 2.05) is 0 Å². The van der Waals surface area contributed by atoms with E-state index < -0.39 is 5.82 Å². The third-order valence-corrected chi connectivity index (χ3v) is 4.53. The maximum Gasteiger partial charge on any atom is 0.224 e. The topological polar surface area (TPSA) is 91.1 Å². The van der Waals surface area contributed by atoms with Crippen LogP contribution in [0.1, 0.15) is 26.0 Å². The van der Waals surface area contributed by atoms with Crippen LogP contribution in [0.3, 0.4) is 0 Å². The number of aromatic amines is 1. The Labute approximate surface area is 148 Å². The SMILES string of the molecule is CC[C@H](C)Nc1ncc2c(-c3cc(F)c4ncc(CO)n4c3)c[nH]c2n1. The zero-order valence-electron chi connectivity index (χ0n) is 14.5. The molecule has 0 aliphatic heterocycles. The van der Waals surface area contributed by atoms with Crippen LogP contribution in [0.5, 0.6) is 0 Å². The van der Waals surface area contributed by atoms with Crippen LogP contribution in [0.15, 0.2) is 30.9 Å². The lowest BCUT2D eigenvalue weighted by molar-refractivity contribution is 0.276. The lowest BCUT2D eigenvalue weighted by atomic mass is 10.1. The van der Waals surface area contributed by atoms with E-state index in [9.17, 15) is 9.50 Å². The quantitative estimate of drug-likeness (QED) is 0.512. The Bertz CT molecular complexity index is 1090. The molecule has 0 aliphatic carbocycles. The van der Waals surface area contributed by atoms with Crippen molar-refractivity contribution in [1.29, 1.82) is 0 Å². The zero-order valence-corrected chi connectivity index (χ0v) is 14.5. The molecule has 4 aromatic heterocycles. The first kappa shape index (κ1) is 16.5. The standard InChI is InChI=1S/C18H19FN6O/c1-3-10(2)23-18-22-7-14-13(6-20-16(14)24-18)11-4-15(19)17-21-5-12(9-26)25(17)8-11/h4-8,10,26H,3,9H2,1-2H3,(H2,20,22,23,24)/t10-/m0/s1. The molecule has 7 nitrogen and oxygen atoms in total. The fourth-order valence-corrected chi connectivity index (χ4v) is 2.90. The van der Waals surface area contributed by atoms with Crippen molar-refractivity contribution in [3.63, 3.8) is 0 Å². The molecule has 0 spiro atoms. The summed E-state index contributed by atoms with van der Waals surface area (Å²) in [6.45, 7) is 3.94. The largest absolute Gasteiger partial charge is 0.390 e. The minimum Gasteiger partial charge on any atom is -0.390 e. The molecule has 0 saturated carbocycles. The second-order valence-electron chi connectivity index (χ2n) is 6.29. The van der Waals surface area contributed by atoms with Crippen molar-refractivity contribution >= 4 is 22.6 Å². The number of nitrogens with zero attached hydrogens (tertiary/aromatic N) is 4. The minimum absolute atomic E-state index is 0.189. The average molecular weight is 354 g/mol. The van der Waals surface area contributed by atoms with Crippen LogP contribution >= 0.6 is 0 Å². The monoisotopic (exact) mass is 354 g/mol. The Morgan fingerprint density at radius 2 is 2.19 bits per heavy atom. The van der Waals surface area contributed by atoms with Crippen molar-refractivity contribution in [3.8, 4) is 11.1 Å². The highest BCUT2D eigenvalue weighted by Crippen LogP contribution is 2.29. The van der Waals surface area contributed by atoms with Gasteiger partial charge in [-0.05, 0) is 19.4 Å².